The molecule has 0 atom stereocenters. The van der Waals surface area contributed by atoms with Crippen LogP contribution < -0.4 is 20.9 Å². The van der Waals surface area contributed by atoms with Crippen molar-refractivity contribution in [2.24, 2.45) is 11.5 Å². The zero-order valence-corrected chi connectivity index (χ0v) is 30.0. The summed E-state index contributed by atoms with van der Waals surface area (Å²) >= 11 is 0. The van der Waals surface area contributed by atoms with E-state index >= 15 is 0 Å². The smallest absolute Gasteiger partial charge is 0.303 e. The number of nitrogens with two attached hydrogens (primary N) is 2. The van der Waals surface area contributed by atoms with Crippen molar-refractivity contribution in [1.29, 1.82) is 5.41 Å². The molecule has 4 aromatic rings. The Labute approximate surface area is 301 Å². The molecule has 12 heteroatoms. The maximum atomic E-state index is 13.6. The van der Waals surface area contributed by atoms with Crippen LogP contribution in [0, 0.1) is 18.2 Å². The summed E-state index contributed by atoms with van der Waals surface area (Å²) in [5, 5.41) is 18.8. The number of aliphatic carboxylic acids is 1. The van der Waals surface area contributed by atoms with Crippen molar-refractivity contribution in [3.8, 4) is 22.6 Å². The average Bonchev–Trinajstić information content (AvgIpc) is 3.08. The molecule has 1 aliphatic heterocycles. The van der Waals surface area contributed by atoms with Crippen LogP contribution in [0.1, 0.15) is 65.7 Å². The lowest BCUT2D eigenvalue weighted by Crippen LogP contribution is -2.38. The first-order valence-electron chi connectivity index (χ1n) is 16.8. The second kappa shape index (κ2) is 16.8. The van der Waals surface area contributed by atoms with Crippen molar-refractivity contribution in [2.75, 3.05) is 27.3 Å². The van der Waals surface area contributed by atoms with Gasteiger partial charge in [0.15, 0.2) is 0 Å². The molecule has 0 bridgehead atoms. The van der Waals surface area contributed by atoms with E-state index in [9.17, 15) is 22.8 Å². The van der Waals surface area contributed by atoms with Crippen molar-refractivity contribution < 1.29 is 37.3 Å². The molecule has 276 valence electrons. The molecular weight excluding hydrogens is 673 g/mol. The standard InChI is InChI=1S/C27H29F2NO4.C13H16FN3O/c1-33-23-11-9-19(17-30-15-13-27(28,29)14-16-30)26(34-2)25(23)22-8-4-6-20-18(10-12-24(31)32)5-3-7-21(20)22;1-6-9(12(7(2)15)8(3)16)4-5-10(14)11(6)13(17)18/h3-9,11H,10,12-17H2,1-2H3,(H,31,32);4-5,15H,16H2,1-3H3,(H2,17,18)/b;12-8+,15-7?. The third-order valence-corrected chi connectivity index (χ3v) is 9.20. The van der Waals surface area contributed by atoms with E-state index in [1.54, 1.807) is 35.0 Å². The summed E-state index contributed by atoms with van der Waals surface area (Å²) in [5.41, 5.74) is 16.4. The number of carbonyl (C=O) groups excluding carboxylic acids is 1. The molecule has 1 fully saturated rings. The van der Waals surface area contributed by atoms with Crippen molar-refractivity contribution in [2.45, 2.75) is 58.9 Å². The molecule has 5 rings (SSSR count). The molecule has 0 aromatic heterocycles. The highest BCUT2D eigenvalue weighted by Crippen LogP contribution is 2.44. The molecule has 1 amide bonds. The number of amides is 1. The van der Waals surface area contributed by atoms with Gasteiger partial charge in [-0.05, 0) is 72.4 Å². The maximum absolute atomic E-state index is 13.6. The van der Waals surface area contributed by atoms with E-state index in [2.05, 4.69) is 0 Å². The van der Waals surface area contributed by atoms with Crippen LogP contribution in [0.5, 0.6) is 11.5 Å². The van der Waals surface area contributed by atoms with Gasteiger partial charge in [0, 0.05) is 61.4 Å². The van der Waals surface area contributed by atoms with Crippen molar-refractivity contribution in [3.63, 3.8) is 0 Å². The van der Waals surface area contributed by atoms with E-state index in [0.717, 1.165) is 39.1 Å². The zero-order chi connectivity index (χ0) is 38.3. The molecule has 0 unspecified atom stereocenters. The number of fused-ring (bicyclic) bond motifs is 1. The first-order valence-corrected chi connectivity index (χ1v) is 16.8. The second-order valence-electron chi connectivity index (χ2n) is 12.8. The van der Waals surface area contributed by atoms with Gasteiger partial charge in [0.2, 0.25) is 0 Å². The van der Waals surface area contributed by atoms with Gasteiger partial charge in [-0.15, -0.1) is 0 Å². The molecule has 0 spiro atoms. The molecule has 0 saturated carbocycles. The van der Waals surface area contributed by atoms with Gasteiger partial charge >= 0.3 is 5.97 Å². The van der Waals surface area contributed by atoms with E-state index < -0.39 is 23.6 Å². The van der Waals surface area contributed by atoms with Gasteiger partial charge < -0.3 is 31.5 Å². The quantitative estimate of drug-likeness (QED) is 0.116. The summed E-state index contributed by atoms with van der Waals surface area (Å²) in [7, 11) is 3.21. The predicted octanol–water partition coefficient (Wildman–Crippen LogP) is 7.73. The number of aryl methyl sites for hydroxylation is 1. The number of halogens is 3. The fourth-order valence-electron chi connectivity index (χ4n) is 6.68. The second-order valence-corrected chi connectivity index (χ2v) is 12.8. The Morgan fingerprint density at radius 2 is 1.58 bits per heavy atom. The molecule has 1 heterocycles. The van der Waals surface area contributed by atoms with Crippen LogP contribution in [-0.2, 0) is 17.8 Å². The number of likely N-dealkylation sites (tertiary alicyclic amines) is 1. The normalized spacial score (nSPS) is 14.5. The van der Waals surface area contributed by atoms with Gasteiger partial charge in [0.05, 0.1) is 25.3 Å². The number of piperidine rings is 1. The summed E-state index contributed by atoms with van der Waals surface area (Å²) < 4.78 is 52.4. The number of methoxy groups -OCH3 is 2. The number of rotatable bonds is 11. The number of benzene rings is 4. The summed E-state index contributed by atoms with van der Waals surface area (Å²) in [6.07, 6.45) is 0.214. The van der Waals surface area contributed by atoms with E-state index in [1.165, 1.54) is 6.07 Å². The average molecular weight is 719 g/mol. The summed E-state index contributed by atoms with van der Waals surface area (Å²) in [6.45, 7) is 5.99. The van der Waals surface area contributed by atoms with E-state index in [1.807, 2.05) is 53.4 Å². The number of nitrogens with zero attached hydrogens (tertiary/aromatic N) is 1. The van der Waals surface area contributed by atoms with Crippen LogP contribution >= 0.6 is 0 Å². The van der Waals surface area contributed by atoms with E-state index in [0.29, 0.717) is 60.0 Å². The van der Waals surface area contributed by atoms with E-state index in [4.69, 9.17) is 31.5 Å². The van der Waals surface area contributed by atoms with Gasteiger partial charge in [-0.2, -0.15) is 0 Å². The topological polar surface area (TPSA) is 152 Å². The highest BCUT2D eigenvalue weighted by molar-refractivity contribution is 6.22. The number of alkyl halides is 2. The zero-order valence-electron chi connectivity index (χ0n) is 30.0. The number of hydrogen-bond donors (Lipinski definition) is 4. The first-order chi connectivity index (χ1) is 24.6. The Morgan fingerprint density at radius 3 is 2.15 bits per heavy atom. The lowest BCUT2D eigenvalue weighted by Gasteiger charge is -2.32. The van der Waals surface area contributed by atoms with Gasteiger partial charge in [-0.1, -0.05) is 48.5 Å². The number of primary amides is 1. The van der Waals surface area contributed by atoms with Crippen molar-refractivity contribution in [3.05, 3.63) is 100.0 Å². The summed E-state index contributed by atoms with van der Waals surface area (Å²) in [4.78, 5) is 24.4. The molecule has 9 nitrogen and oxygen atoms in total. The van der Waals surface area contributed by atoms with Gasteiger partial charge in [0.1, 0.15) is 17.3 Å². The minimum absolute atomic E-state index is 0.0559. The number of carboxylic acid groups (broad SMARTS) is 1. The maximum Gasteiger partial charge on any atom is 0.303 e. The Balaban J connectivity index is 0.000000284. The lowest BCUT2D eigenvalue weighted by atomic mass is 9.92. The number of nitrogens with one attached hydrogen (secondary N) is 1. The van der Waals surface area contributed by atoms with Crippen LogP contribution in [0.2, 0.25) is 0 Å². The number of hydrogen-bond acceptors (Lipinski definition) is 7. The molecule has 0 aliphatic carbocycles. The van der Waals surface area contributed by atoms with Gasteiger partial charge in [-0.25, -0.2) is 13.2 Å². The Morgan fingerprint density at radius 1 is 0.923 bits per heavy atom. The van der Waals surface area contributed by atoms with Crippen molar-refractivity contribution in [1.82, 2.24) is 4.90 Å². The highest BCUT2D eigenvalue weighted by Gasteiger charge is 2.34. The molecular formula is C40H45F3N4O5. The van der Waals surface area contributed by atoms with Crippen LogP contribution in [0.15, 0.2) is 66.4 Å². The summed E-state index contributed by atoms with van der Waals surface area (Å²) in [6, 6.07) is 18.3. The Hall–Kier alpha value is -5.36. The number of allylic oxidation sites excluding steroid dienone is 2. The third-order valence-electron chi connectivity index (χ3n) is 9.20. The Kier molecular flexibility index (Phi) is 12.7. The van der Waals surface area contributed by atoms with Crippen LogP contribution in [0.3, 0.4) is 0 Å². The van der Waals surface area contributed by atoms with Crippen LogP contribution in [0.25, 0.3) is 27.5 Å². The molecule has 0 radical (unpaired) electrons. The monoisotopic (exact) mass is 718 g/mol. The number of carbonyl (C=O) groups is 2. The molecule has 1 aliphatic rings. The predicted molar refractivity (Wildman–Crippen MR) is 198 cm³/mol. The molecule has 4 aromatic carbocycles. The number of carboxylic acids is 1. The molecule has 6 N–H and O–H groups in total. The number of ether oxygens (including phenoxy) is 2. The van der Waals surface area contributed by atoms with Gasteiger partial charge in [-0.3, -0.25) is 14.5 Å². The third kappa shape index (κ3) is 8.92. The van der Waals surface area contributed by atoms with Gasteiger partial charge in [0.25, 0.3) is 11.8 Å². The minimum Gasteiger partial charge on any atom is -0.496 e. The van der Waals surface area contributed by atoms with Crippen molar-refractivity contribution >= 4 is 33.9 Å². The lowest BCUT2D eigenvalue weighted by molar-refractivity contribution is -0.136. The SMILES string of the molecule is CC(=N)/C(=C(/C)N)c1ccc(F)c(C(N)=O)c1C.COc1ccc(CN2CCC(F)(F)CC2)c(OC)c1-c1cccc2c(CCC(=O)O)cccc12. The van der Waals surface area contributed by atoms with Crippen LogP contribution in [0.4, 0.5) is 13.2 Å². The largest absolute Gasteiger partial charge is 0.496 e. The van der Waals surface area contributed by atoms with E-state index in [-0.39, 0.29) is 30.5 Å². The fourth-order valence-corrected chi connectivity index (χ4v) is 6.68. The fraction of sp³-hybridized carbons (Fsp3) is 0.325. The molecule has 52 heavy (non-hydrogen) atoms. The Bertz CT molecular complexity index is 2010. The minimum atomic E-state index is -2.59. The highest BCUT2D eigenvalue weighted by atomic mass is 19.3. The van der Waals surface area contributed by atoms with Crippen LogP contribution in [-0.4, -0.2) is 60.8 Å². The summed E-state index contributed by atoms with van der Waals surface area (Å²) in [5.74, 6) is -3.62. The first kappa shape index (κ1) is 39.4. The molecule has 1 saturated heterocycles.